The predicted molar refractivity (Wildman–Crippen MR) is 77.7 cm³/mol. The first-order valence-electron chi connectivity index (χ1n) is 5.76. The molecule has 0 bridgehead atoms. The Bertz CT molecular complexity index is 319. The number of thiophene rings is 1. The highest BCUT2D eigenvalue weighted by molar-refractivity contribution is 9.10. The second-order valence-electron chi connectivity index (χ2n) is 4.19. The van der Waals surface area contributed by atoms with Gasteiger partial charge in [-0.3, -0.25) is 0 Å². The molecule has 0 aliphatic rings. The van der Waals surface area contributed by atoms with Crippen LogP contribution in [0.3, 0.4) is 0 Å². The summed E-state index contributed by atoms with van der Waals surface area (Å²) < 4.78 is 6.31. The standard InChI is InChI=1S/C12H21BrN2OS/c1-10(8-16-3)15(2)5-4-14-7-12-6-11(13)9-17-12/h6,9-10,14H,4-5,7-8H2,1-3H3. The molecule has 0 aromatic carbocycles. The van der Waals surface area contributed by atoms with Crippen molar-refractivity contribution < 1.29 is 4.74 Å². The summed E-state index contributed by atoms with van der Waals surface area (Å²) in [6.45, 7) is 5.95. The van der Waals surface area contributed by atoms with E-state index in [1.54, 1.807) is 18.4 Å². The molecule has 1 atom stereocenters. The molecule has 0 aliphatic heterocycles. The van der Waals surface area contributed by atoms with Gasteiger partial charge in [-0.25, -0.2) is 0 Å². The molecule has 1 aromatic heterocycles. The highest BCUT2D eigenvalue weighted by Crippen LogP contribution is 2.19. The largest absolute Gasteiger partial charge is 0.383 e. The number of hydrogen-bond acceptors (Lipinski definition) is 4. The summed E-state index contributed by atoms with van der Waals surface area (Å²) in [5.41, 5.74) is 0. The topological polar surface area (TPSA) is 24.5 Å². The number of halogens is 1. The fraction of sp³-hybridized carbons (Fsp3) is 0.667. The molecule has 0 fully saturated rings. The van der Waals surface area contributed by atoms with Crippen molar-refractivity contribution in [2.75, 3.05) is 33.9 Å². The van der Waals surface area contributed by atoms with Crippen molar-refractivity contribution in [3.63, 3.8) is 0 Å². The fourth-order valence-electron chi connectivity index (χ4n) is 1.50. The molecule has 98 valence electrons. The second-order valence-corrected chi connectivity index (χ2v) is 6.10. The van der Waals surface area contributed by atoms with Crippen molar-refractivity contribution in [1.82, 2.24) is 10.2 Å². The average molecular weight is 321 g/mol. The number of ether oxygens (including phenoxy) is 1. The molecular weight excluding hydrogens is 300 g/mol. The molecule has 17 heavy (non-hydrogen) atoms. The van der Waals surface area contributed by atoms with Gasteiger partial charge in [-0.1, -0.05) is 0 Å². The van der Waals surface area contributed by atoms with Crippen molar-refractivity contribution in [2.24, 2.45) is 0 Å². The van der Waals surface area contributed by atoms with E-state index in [1.807, 2.05) is 0 Å². The minimum absolute atomic E-state index is 0.470. The monoisotopic (exact) mass is 320 g/mol. The van der Waals surface area contributed by atoms with E-state index in [0.717, 1.165) is 26.2 Å². The van der Waals surface area contributed by atoms with Crippen LogP contribution in [-0.2, 0) is 11.3 Å². The molecular formula is C12H21BrN2OS. The summed E-state index contributed by atoms with van der Waals surface area (Å²) in [4.78, 5) is 3.67. The van der Waals surface area contributed by atoms with Crippen molar-refractivity contribution >= 4 is 27.3 Å². The molecule has 1 rings (SSSR count). The van der Waals surface area contributed by atoms with Crippen molar-refractivity contribution in [3.8, 4) is 0 Å². The summed E-state index contributed by atoms with van der Waals surface area (Å²) in [5.74, 6) is 0. The number of likely N-dealkylation sites (N-methyl/N-ethyl adjacent to an activating group) is 1. The summed E-state index contributed by atoms with van der Waals surface area (Å²) in [6, 6.07) is 2.63. The lowest BCUT2D eigenvalue weighted by Crippen LogP contribution is -2.37. The van der Waals surface area contributed by atoms with Gasteiger partial charge in [-0.05, 0) is 36.0 Å². The van der Waals surface area contributed by atoms with Crippen molar-refractivity contribution in [2.45, 2.75) is 19.5 Å². The highest BCUT2D eigenvalue weighted by Gasteiger charge is 2.07. The van der Waals surface area contributed by atoms with Crippen LogP contribution in [0, 0.1) is 0 Å². The van der Waals surface area contributed by atoms with E-state index in [9.17, 15) is 0 Å². The zero-order valence-electron chi connectivity index (χ0n) is 10.7. The quantitative estimate of drug-likeness (QED) is 0.745. The van der Waals surface area contributed by atoms with E-state index in [0.29, 0.717) is 6.04 Å². The van der Waals surface area contributed by atoms with Crippen LogP contribution in [0.1, 0.15) is 11.8 Å². The summed E-state index contributed by atoms with van der Waals surface area (Å²) in [7, 11) is 3.88. The lowest BCUT2D eigenvalue weighted by atomic mass is 10.3. The molecule has 5 heteroatoms. The average Bonchev–Trinajstić information content (AvgIpc) is 2.70. The van der Waals surface area contributed by atoms with Gasteiger partial charge >= 0.3 is 0 Å². The summed E-state index contributed by atoms with van der Waals surface area (Å²) >= 11 is 5.24. The van der Waals surface area contributed by atoms with Gasteiger partial charge in [0.25, 0.3) is 0 Å². The summed E-state index contributed by atoms with van der Waals surface area (Å²) in [5, 5.41) is 5.56. The zero-order valence-corrected chi connectivity index (χ0v) is 13.1. The maximum absolute atomic E-state index is 5.14. The van der Waals surface area contributed by atoms with Gasteiger partial charge in [0.2, 0.25) is 0 Å². The first kappa shape index (κ1) is 15.1. The fourth-order valence-corrected chi connectivity index (χ4v) is 2.92. The number of hydrogen-bond donors (Lipinski definition) is 1. The Hall–Kier alpha value is 0.0600. The van der Waals surface area contributed by atoms with E-state index >= 15 is 0 Å². The minimum Gasteiger partial charge on any atom is -0.383 e. The van der Waals surface area contributed by atoms with Crippen molar-refractivity contribution in [1.29, 1.82) is 0 Å². The Balaban J connectivity index is 2.11. The Kier molecular flexibility index (Phi) is 7.30. The van der Waals surface area contributed by atoms with Gasteiger partial charge in [0.15, 0.2) is 0 Å². The molecule has 1 aromatic rings. The maximum Gasteiger partial charge on any atom is 0.0615 e. The number of nitrogens with one attached hydrogen (secondary N) is 1. The smallest absolute Gasteiger partial charge is 0.0615 e. The first-order valence-corrected chi connectivity index (χ1v) is 7.43. The molecule has 1 heterocycles. The minimum atomic E-state index is 0.470. The lowest BCUT2D eigenvalue weighted by molar-refractivity contribution is 0.116. The van der Waals surface area contributed by atoms with Crippen LogP contribution in [0.15, 0.2) is 15.9 Å². The van der Waals surface area contributed by atoms with Crippen molar-refractivity contribution in [3.05, 3.63) is 20.8 Å². The maximum atomic E-state index is 5.14. The molecule has 0 saturated heterocycles. The molecule has 1 unspecified atom stereocenters. The van der Waals surface area contributed by atoms with E-state index in [4.69, 9.17) is 4.74 Å². The SMILES string of the molecule is COCC(C)N(C)CCNCc1cc(Br)cs1. The molecule has 0 radical (unpaired) electrons. The van der Waals surface area contributed by atoms with Gasteiger partial charge in [0.05, 0.1) is 6.61 Å². The normalized spacial score (nSPS) is 13.2. The third-order valence-corrected chi connectivity index (χ3v) is 4.42. The first-order chi connectivity index (χ1) is 8.13. The number of methoxy groups -OCH3 is 1. The van der Waals surface area contributed by atoms with Gasteiger partial charge in [-0.15, -0.1) is 11.3 Å². The highest BCUT2D eigenvalue weighted by atomic mass is 79.9. The van der Waals surface area contributed by atoms with Gasteiger partial charge in [0.1, 0.15) is 0 Å². The van der Waals surface area contributed by atoms with Gasteiger partial charge in [0, 0.05) is 47.5 Å². The van der Waals surface area contributed by atoms with Gasteiger partial charge < -0.3 is 15.0 Å². The van der Waals surface area contributed by atoms with Crippen LogP contribution in [-0.4, -0.2) is 44.8 Å². The molecule has 0 amide bonds. The molecule has 1 N–H and O–H groups in total. The van der Waals surface area contributed by atoms with Crippen LogP contribution in [0.25, 0.3) is 0 Å². The third-order valence-electron chi connectivity index (χ3n) is 2.72. The Morgan fingerprint density at radius 3 is 2.94 bits per heavy atom. The Labute approximate surface area is 116 Å². The predicted octanol–water partition coefficient (Wildman–Crippen LogP) is 2.57. The van der Waals surface area contributed by atoms with Crippen LogP contribution in [0.5, 0.6) is 0 Å². The molecule has 0 saturated carbocycles. The van der Waals surface area contributed by atoms with E-state index in [2.05, 4.69) is 51.6 Å². The van der Waals surface area contributed by atoms with E-state index in [1.165, 1.54) is 9.35 Å². The van der Waals surface area contributed by atoms with E-state index < -0.39 is 0 Å². The number of nitrogens with zero attached hydrogens (tertiary/aromatic N) is 1. The third kappa shape index (κ3) is 5.97. The molecule has 0 spiro atoms. The summed E-state index contributed by atoms with van der Waals surface area (Å²) in [6.07, 6.45) is 0. The van der Waals surface area contributed by atoms with Crippen LogP contribution >= 0.6 is 27.3 Å². The Morgan fingerprint density at radius 1 is 1.59 bits per heavy atom. The van der Waals surface area contributed by atoms with E-state index in [-0.39, 0.29) is 0 Å². The number of rotatable bonds is 8. The zero-order chi connectivity index (χ0) is 12.7. The van der Waals surface area contributed by atoms with Crippen LogP contribution < -0.4 is 5.32 Å². The second kappa shape index (κ2) is 8.21. The molecule has 0 aliphatic carbocycles. The van der Waals surface area contributed by atoms with Crippen LogP contribution in [0.2, 0.25) is 0 Å². The lowest BCUT2D eigenvalue weighted by Gasteiger charge is -2.23. The van der Waals surface area contributed by atoms with Gasteiger partial charge in [-0.2, -0.15) is 0 Å². The van der Waals surface area contributed by atoms with Crippen LogP contribution in [0.4, 0.5) is 0 Å². The Morgan fingerprint density at radius 2 is 2.35 bits per heavy atom. The molecule has 3 nitrogen and oxygen atoms in total.